The van der Waals surface area contributed by atoms with E-state index in [1.807, 2.05) is 66.2 Å². The Bertz CT molecular complexity index is 796. The van der Waals surface area contributed by atoms with Crippen molar-refractivity contribution < 1.29 is 4.79 Å². The van der Waals surface area contributed by atoms with Crippen molar-refractivity contribution in [3.8, 4) is 5.69 Å². The fraction of sp³-hybridized carbons (Fsp3) is 0.158. The Hall–Kier alpha value is -2.40. The SMILES string of the molecule is CC(NC(=O)Cc1ccc(Br)cc1)c1ccc(-n2ccnc2)cc1. The van der Waals surface area contributed by atoms with Crippen molar-refractivity contribution in [2.24, 2.45) is 0 Å². The number of carbonyl (C=O) groups is 1. The summed E-state index contributed by atoms with van der Waals surface area (Å²) >= 11 is 3.40. The Labute approximate surface area is 149 Å². The van der Waals surface area contributed by atoms with Gasteiger partial charge in [-0.25, -0.2) is 4.98 Å². The van der Waals surface area contributed by atoms with Crippen molar-refractivity contribution >= 4 is 21.8 Å². The fourth-order valence-electron chi connectivity index (χ4n) is 2.51. The van der Waals surface area contributed by atoms with Crippen LogP contribution in [0.15, 0.2) is 71.7 Å². The van der Waals surface area contributed by atoms with Crippen LogP contribution in [0.2, 0.25) is 0 Å². The molecule has 1 N–H and O–H groups in total. The number of benzene rings is 2. The van der Waals surface area contributed by atoms with Crippen LogP contribution in [-0.2, 0) is 11.2 Å². The molecule has 0 bridgehead atoms. The molecule has 1 atom stereocenters. The summed E-state index contributed by atoms with van der Waals surface area (Å²) in [6.45, 7) is 1.99. The molecule has 0 aliphatic heterocycles. The van der Waals surface area contributed by atoms with Crippen LogP contribution in [0.3, 0.4) is 0 Å². The quantitative estimate of drug-likeness (QED) is 0.721. The first-order valence-electron chi connectivity index (χ1n) is 7.74. The molecule has 1 unspecified atom stereocenters. The molecular formula is C19H18BrN3O. The number of hydrogen-bond acceptors (Lipinski definition) is 2. The molecule has 3 rings (SSSR count). The van der Waals surface area contributed by atoms with Gasteiger partial charge in [-0.05, 0) is 42.3 Å². The lowest BCUT2D eigenvalue weighted by atomic mass is 10.1. The highest BCUT2D eigenvalue weighted by molar-refractivity contribution is 9.10. The number of aromatic nitrogens is 2. The summed E-state index contributed by atoms with van der Waals surface area (Å²) in [4.78, 5) is 16.2. The van der Waals surface area contributed by atoms with Crippen molar-refractivity contribution in [3.05, 3.63) is 82.9 Å². The Morgan fingerprint density at radius 2 is 1.88 bits per heavy atom. The van der Waals surface area contributed by atoms with Gasteiger partial charge in [0.2, 0.25) is 5.91 Å². The highest BCUT2D eigenvalue weighted by Gasteiger charge is 2.10. The molecular weight excluding hydrogens is 366 g/mol. The third kappa shape index (κ3) is 4.11. The Kier molecular flexibility index (Phi) is 5.11. The van der Waals surface area contributed by atoms with Gasteiger partial charge in [-0.2, -0.15) is 0 Å². The molecule has 122 valence electrons. The lowest BCUT2D eigenvalue weighted by molar-refractivity contribution is -0.121. The van der Waals surface area contributed by atoms with E-state index < -0.39 is 0 Å². The molecule has 24 heavy (non-hydrogen) atoms. The second kappa shape index (κ2) is 7.45. The van der Waals surface area contributed by atoms with Crippen LogP contribution in [0, 0.1) is 0 Å². The maximum atomic E-state index is 12.2. The van der Waals surface area contributed by atoms with E-state index in [-0.39, 0.29) is 11.9 Å². The Morgan fingerprint density at radius 1 is 1.17 bits per heavy atom. The summed E-state index contributed by atoms with van der Waals surface area (Å²) in [5.41, 5.74) is 3.12. The average Bonchev–Trinajstić information content (AvgIpc) is 3.11. The molecule has 0 spiro atoms. The van der Waals surface area contributed by atoms with Crippen LogP contribution in [0.4, 0.5) is 0 Å². The number of amides is 1. The number of hydrogen-bond donors (Lipinski definition) is 1. The number of imidazole rings is 1. The third-order valence-electron chi connectivity index (χ3n) is 3.85. The maximum Gasteiger partial charge on any atom is 0.224 e. The summed E-state index contributed by atoms with van der Waals surface area (Å²) in [7, 11) is 0. The lowest BCUT2D eigenvalue weighted by Gasteiger charge is -2.15. The Balaban J connectivity index is 1.60. The van der Waals surface area contributed by atoms with Crippen molar-refractivity contribution in [3.63, 3.8) is 0 Å². The minimum Gasteiger partial charge on any atom is -0.349 e. The zero-order valence-electron chi connectivity index (χ0n) is 13.3. The van der Waals surface area contributed by atoms with Gasteiger partial charge in [-0.1, -0.05) is 40.2 Å². The Morgan fingerprint density at radius 3 is 2.50 bits per heavy atom. The molecule has 0 fully saturated rings. The average molecular weight is 384 g/mol. The minimum absolute atomic E-state index is 0.0171. The van der Waals surface area contributed by atoms with Crippen molar-refractivity contribution in [1.82, 2.24) is 14.9 Å². The summed E-state index contributed by atoms with van der Waals surface area (Å²) in [5.74, 6) is 0.0171. The monoisotopic (exact) mass is 383 g/mol. The largest absolute Gasteiger partial charge is 0.349 e. The third-order valence-corrected chi connectivity index (χ3v) is 4.38. The molecule has 0 aliphatic carbocycles. The molecule has 4 nitrogen and oxygen atoms in total. The number of carbonyl (C=O) groups excluding carboxylic acids is 1. The van der Waals surface area contributed by atoms with Crippen LogP contribution in [-0.4, -0.2) is 15.5 Å². The normalized spacial score (nSPS) is 11.9. The summed E-state index contributed by atoms with van der Waals surface area (Å²) in [6.07, 6.45) is 5.79. The van der Waals surface area contributed by atoms with Crippen molar-refractivity contribution in [1.29, 1.82) is 0 Å². The molecule has 0 saturated heterocycles. The summed E-state index contributed by atoms with van der Waals surface area (Å²) in [6, 6.07) is 15.9. The van der Waals surface area contributed by atoms with E-state index in [0.717, 1.165) is 21.3 Å². The van der Waals surface area contributed by atoms with Gasteiger partial charge in [-0.15, -0.1) is 0 Å². The van der Waals surface area contributed by atoms with Crippen LogP contribution in [0.5, 0.6) is 0 Å². The van der Waals surface area contributed by atoms with E-state index in [1.165, 1.54) is 0 Å². The smallest absolute Gasteiger partial charge is 0.224 e. The molecule has 5 heteroatoms. The van der Waals surface area contributed by atoms with Gasteiger partial charge in [0.25, 0.3) is 0 Å². The first kappa shape index (κ1) is 16.5. The fourth-order valence-corrected chi connectivity index (χ4v) is 2.77. The lowest BCUT2D eigenvalue weighted by Crippen LogP contribution is -2.28. The van der Waals surface area contributed by atoms with Crippen LogP contribution < -0.4 is 5.32 Å². The standard InChI is InChI=1S/C19H18BrN3O/c1-14(22-19(24)12-15-2-6-17(20)7-3-15)16-4-8-18(9-5-16)23-11-10-21-13-23/h2-11,13-14H,12H2,1H3,(H,22,24). The molecule has 3 aromatic rings. The van der Waals surface area contributed by atoms with Crippen molar-refractivity contribution in [2.75, 3.05) is 0 Å². The van der Waals surface area contributed by atoms with Gasteiger partial charge in [0.05, 0.1) is 18.8 Å². The minimum atomic E-state index is -0.0372. The number of nitrogens with one attached hydrogen (secondary N) is 1. The number of rotatable bonds is 5. The second-order valence-corrected chi connectivity index (χ2v) is 6.57. The molecule has 0 aliphatic rings. The molecule has 1 amide bonds. The first-order chi connectivity index (χ1) is 11.6. The van der Waals surface area contributed by atoms with Gasteiger partial charge in [0.1, 0.15) is 0 Å². The molecule has 0 radical (unpaired) electrons. The van der Waals surface area contributed by atoms with E-state index in [0.29, 0.717) is 6.42 Å². The maximum absolute atomic E-state index is 12.2. The van der Waals surface area contributed by atoms with Crippen LogP contribution in [0.1, 0.15) is 24.1 Å². The van der Waals surface area contributed by atoms with Gasteiger partial charge >= 0.3 is 0 Å². The van der Waals surface area contributed by atoms with Crippen LogP contribution >= 0.6 is 15.9 Å². The first-order valence-corrected chi connectivity index (χ1v) is 8.53. The predicted octanol–water partition coefficient (Wildman–Crippen LogP) is 4.05. The van der Waals surface area contributed by atoms with Gasteiger partial charge in [0.15, 0.2) is 0 Å². The molecule has 2 aromatic carbocycles. The van der Waals surface area contributed by atoms with E-state index in [4.69, 9.17) is 0 Å². The number of nitrogens with zero attached hydrogens (tertiary/aromatic N) is 2. The van der Waals surface area contributed by atoms with E-state index in [9.17, 15) is 4.79 Å². The van der Waals surface area contributed by atoms with Crippen molar-refractivity contribution in [2.45, 2.75) is 19.4 Å². The zero-order chi connectivity index (χ0) is 16.9. The summed E-state index contributed by atoms with van der Waals surface area (Å²) in [5, 5.41) is 3.04. The predicted molar refractivity (Wildman–Crippen MR) is 98.0 cm³/mol. The van der Waals surface area contributed by atoms with Crippen LogP contribution in [0.25, 0.3) is 5.69 Å². The molecule has 0 saturated carbocycles. The van der Waals surface area contributed by atoms with E-state index in [1.54, 1.807) is 12.5 Å². The van der Waals surface area contributed by atoms with Gasteiger partial charge < -0.3 is 9.88 Å². The van der Waals surface area contributed by atoms with E-state index >= 15 is 0 Å². The van der Waals surface area contributed by atoms with Gasteiger partial charge in [0, 0.05) is 22.6 Å². The molecule has 1 aromatic heterocycles. The van der Waals surface area contributed by atoms with Gasteiger partial charge in [-0.3, -0.25) is 4.79 Å². The number of halogens is 1. The summed E-state index contributed by atoms with van der Waals surface area (Å²) < 4.78 is 2.96. The highest BCUT2D eigenvalue weighted by Crippen LogP contribution is 2.16. The zero-order valence-corrected chi connectivity index (χ0v) is 14.9. The topological polar surface area (TPSA) is 46.9 Å². The van der Waals surface area contributed by atoms with E-state index in [2.05, 4.69) is 26.2 Å². The second-order valence-electron chi connectivity index (χ2n) is 5.65. The molecule has 1 heterocycles. The highest BCUT2D eigenvalue weighted by atomic mass is 79.9.